The highest BCUT2D eigenvalue weighted by atomic mass is 32.9. The Morgan fingerprint density at radius 3 is 0.608 bits per heavy atom. The van der Waals surface area contributed by atoms with Crippen molar-refractivity contribution in [2.24, 2.45) is 17.2 Å². The third-order valence-corrected chi connectivity index (χ3v) is 21.4. The van der Waals surface area contributed by atoms with Gasteiger partial charge in [-0.2, -0.15) is 0 Å². The fourth-order valence-corrected chi connectivity index (χ4v) is 14.4. The van der Waals surface area contributed by atoms with Gasteiger partial charge in [-0.1, -0.05) is 295 Å². The SMILES string of the molecule is CCCCCCCCC=CCCCCCCCCN.CCCCCCCCC=CCCCCCCCCN.CCCCCCCCC=CCCCCCCCCN.CCCCCCS(CCCCCC)=P(O)(O)S. The molecule has 0 atom stereocenters. The number of hydrogen-bond donors (Lipinski definition) is 6. The number of thiol groups is 1. The molecular formula is C66H140N3O2PS2. The van der Waals surface area contributed by atoms with Gasteiger partial charge in [-0.25, -0.2) is 0 Å². The molecule has 0 rings (SSSR count). The van der Waals surface area contributed by atoms with Gasteiger partial charge >= 0.3 is 0 Å². The molecular weight excluding hydrogens is 962 g/mol. The number of hydrogen-bond acceptors (Lipinski definition) is 3. The second kappa shape index (κ2) is 77.4. The van der Waals surface area contributed by atoms with Gasteiger partial charge in [0.1, 0.15) is 0 Å². The van der Waals surface area contributed by atoms with Gasteiger partial charge in [-0.3, -0.25) is 0 Å². The predicted molar refractivity (Wildman–Crippen MR) is 351 cm³/mol. The molecule has 0 fully saturated rings. The summed E-state index contributed by atoms with van der Waals surface area (Å²) in [5.41, 5.74) is 13.5. The van der Waals surface area contributed by atoms with Gasteiger partial charge < -0.3 is 27.0 Å². The summed E-state index contributed by atoms with van der Waals surface area (Å²) in [6, 6.07) is 0. The van der Waals surface area contributed by atoms with Crippen LogP contribution in [-0.4, -0.2) is 40.9 Å². The quantitative estimate of drug-likeness (QED) is 0.0157. The molecule has 0 bridgehead atoms. The molecule has 448 valence electrons. The zero-order chi connectivity index (χ0) is 55.2. The van der Waals surface area contributed by atoms with E-state index in [0.717, 1.165) is 44.0 Å². The topological polar surface area (TPSA) is 119 Å². The first-order valence-corrected chi connectivity index (χ1v) is 38.1. The molecule has 8 heteroatoms. The van der Waals surface area contributed by atoms with E-state index in [1.54, 1.807) is 0 Å². The number of rotatable bonds is 55. The molecule has 74 heavy (non-hydrogen) atoms. The van der Waals surface area contributed by atoms with E-state index in [1.165, 1.54) is 308 Å². The summed E-state index contributed by atoms with van der Waals surface area (Å²) in [6.45, 7) is 13.8. The molecule has 0 spiro atoms. The van der Waals surface area contributed by atoms with Crippen LogP contribution in [0.15, 0.2) is 36.5 Å². The summed E-state index contributed by atoms with van der Waals surface area (Å²) < 4.78 is 0. The lowest BCUT2D eigenvalue weighted by molar-refractivity contribution is 0.502. The van der Waals surface area contributed by atoms with Crippen LogP contribution in [0.2, 0.25) is 0 Å². The van der Waals surface area contributed by atoms with E-state index in [-0.39, 0.29) is 10.1 Å². The van der Waals surface area contributed by atoms with Crippen LogP contribution in [-0.2, 0) is 10.1 Å². The van der Waals surface area contributed by atoms with E-state index in [4.69, 9.17) is 17.2 Å². The normalized spacial score (nSPS) is 11.7. The van der Waals surface area contributed by atoms with Gasteiger partial charge in [0, 0.05) is 0 Å². The van der Waals surface area contributed by atoms with Crippen molar-refractivity contribution in [1.82, 2.24) is 0 Å². The molecule has 5 nitrogen and oxygen atoms in total. The lowest BCUT2D eigenvalue weighted by atomic mass is 10.1. The summed E-state index contributed by atoms with van der Waals surface area (Å²) >= 11 is 4.03. The monoisotopic (exact) mass is 1100 g/mol. The lowest BCUT2D eigenvalue weighted by Crippen LogP contribution is -2.04. The van der Waals surface area contributed by atoms with Gasteiger partial charge in [0.15, 0.2) is 5.69 Å². The first-order valence-electron chi connectivity index (χ1n) is 33.1. The molecule has 0 radical (unpaired) electrons. The predicted octanol–water partition coefficient (Wildman–Crippen LogP) is 22.3. The van der Waals surface area contributed by atoms with E-state index in [2.05, 4.69) is 83.3 Å². The van der Waals surface area contributed by atoms with Crippen LogP contribution in [0.3, 0.4) is 0 Å². The van der Waals surface area contributed by atoms with Crippen LogP contribution in [0.1, 0.15) is 356 Å². The molecule has 0 saturated carbocycles. The first kappa shape index (κ1) is 80.6. The van der Waals surface area contributed by atoms with Crippen molar-refractivity contribution >= 4 is 28.0 Å². The Morgan fingerprint density at radius 1 is 0.270 bits per heavy atom. The summed E-state index contributed by atoms with van der Waals surface area (Å²) in [5.74, 6) is 1.91. The van der Waals surface area contributed by atoms with Crippen molar-refractivity contribution in [3.8, 4) is 0 Å². The third kappa shape index (κ3) is 83.5. The van der Waals surface area contributed by atoms with E-state index < -0.39 is 5.69 Å². The average Bonchev–Trinajstić information content (AvgIpc) is 3.39. The van der Waals surface area contributed by atoms with Crippen LogP contribution in [0.25, 0.3) is 0 Å². The number of nitrogens with two attached hydrogens (primary N) is 3. The third-order valence-electron chi connectivity index (χ3n) is 14.0. The van der Waals surface area contributed by atoms with Crippen molar-refractivity contribution in [1.29, 1.82) is 0 Å². The van der Waals surface area contributed by atoms with Crippen molar-refractivity contribution in [3.05, 3.63) is 36.5 Å². The zero-order valence-corrected chi connectivity index (χ0v) is 53.9. The van der Waals surface area contributed by atoms with Crippen molar-refractivity contribution < 1.29 is 9.79 Å². The molecule has 0 aliphatic heterocycles. The molecule has 0 heterocycles. The van der Waals surface area contributed by atoms with Crippen LogP contribution < -0.4 is 17.2 Å². The fourth-order valence-electron chi connectivity index (χ4n) is 8.91. The van der Waals surface area contributed by atoms with Gasteiger partial charge in [-0.15, -0.1) is 10.1 Å². The molecule has 0 unspecified atom stereocenters. The average molecular weight is 1100 g/mol. The van der Waals surface area contributed by atoms with E-state index >= 15 is 0 Å². The largest absolute Gasteiger partial charge is 0.341 e. The Kier molecular flexibility index (Phi) is 84.3. The second-order valence-electron chi connectivity index (χ2n) is 21.7. The Balaban J connectivity index is -0.000000442. The standard InChI is InChI=1S/3C18H37N.C12H29O2PS2/c3*1-2-3-4-5-6-7-8-9-10-11-12-13-14-15-16-17-18-19;1-3-5-7-9-11-17(15(13,14)16)12-10-8-6-4-2/h3*9-10H,2-8,11-19H2,1H3;13-14,16H,3-12H2,1-2H3. The van der Waals surface area contributed by atoms with Gasteiger partial charge in [0.2, 0.25) is 0 Å². The maximum Gasteiger partial charge on any atom is 0.198 e. The Bertz CT molecular complexity index is 996. The first-order chi connectivity index (χ1) is 36.3. The molecule has 0 amide bonds. The summed E-state index contributed by atoms with van der Waals surface area (Å²) in [5, 5.41) is 0. The summed E-state index contributed by atoms with van der Waals surface area (Å²) in [7, 11) is -0.262. The Labute approximate surface area is 475 Å². The second-order valence-corrected chi connectivity index (χ2v) is 30.0. The summed E-state index contributed by atoms with van der Waals surface area (Å²) in [4.78, 5) is 19.5. The van der Waals surface area contributed by atoms with Gasteiger partial charge in [-0.05, 0) is 140 Å². The number of allylic oxidation sites excluding steroid dienone is 6. The highest BCUT2D eigenvalue weighted by Gasteiger charge is 2.10. The van der Waals surface area contributed by atoms with Crippen molar-refractivity contribution in [3.63, 3.8) is 0 Å². The maximum atomic E-state index is 9.73. The molecule has 8 N–H and O–H groups in total. The van der Waals surface area contributed by atoms with Crippen LogP contribution in [0.5, 0.6) is 0 Å². The highest BCUT2D eigenvalue weighted by molar-refractivity contribution is 8.65. The highest BCUT2D eigenvalue weighted by Crippen LogP contribution is 2.47. The van der Waals surface area contributed by atoms with E-state index in [9.17, 15) is 9.79 Å². The van der Waals surface area contributed by atoms with E-state index in [1.807, 2.05) is 0 Å². The van der Waals surface area contributed by atoms with Crippen LogP contribution >= 0.6 is 17.9 Å². The maximum absolute atomic E-state index is 9.73. The van der Waals surface area contributed by atoms with Gasteiger partial charge in [0.05, 0.1) is 0 Å². The molecule has 0 saturated heterocycles. The van der Waals surface area contributed by atoms with Gasteiger partial charge in [0.25, 0.3) is 0 Å². The minimum Gasteiger partial charge on any atom is -0.341 e. The zero-order valence-electron chi connectivity index (χ0n) is 51.3. The minimum absolute atomic E-state index is 0.262. The molecule has 0 aromatic carbocycles. The van der Waals surface area contributed by atoms with Crippen LogP contribution in [0, 0.1) is 0 Å². The van der Waals surface area contributed by atoms with Crippen molar-refractivity contribution in [2.45, 2.75) is 356 Å². The molecule has 0 aromatic rings. The van der Waals surface area contributed by atoms with Crippen molar-refractivity contribution in [2.75, 3.05) is 31.1 Å². The summed E-state index contributed by atoms with van der Waals surface area (Å²) in [6.07, 6.45) is 81.3. The Hall–Kier alpha value is 0.150. The molecule has 0 aliphatic carbocycles. The number of unbranched alkanes of at least 4 members (excludes halogenated alkanes) is 42. The molecule has 0 aliphatic rings. The minimum atomic E-state index is -2.90. The smallest absolute Gasteiger partial charge is 0.198 e. The molecule has 0 aromatic heterocycles. The Morgan fingerprint density at radius 2 is 0.432 bits per heavy atom. The van der Waals surface area contributed by atoms with E-state index in [0.29, 0.717) is 0 Å². The van der Waals surface area contributed by atoms with Crippen LogP contribution in [0.4, 0.5) is 0 Å². The fraction of sp³-hybridized carbons (Fsp3) is 0.909. The lowest BCUT2D eigenvalue weighted by Gasteiger charge is -2.16.